The Morgan fingerprint density at radius 1 is 1.16 bits per heavy atom. The van der Waals surface area contributed by atoms with E-state index in [9.17, 15) is 18.0 Å². The molecule has 0 atom stereocenters. The van der Waals surface area contributed by atoms with Gasteiger partial charge in [0, 0.05) is 37.8 Å². The number of rotatable bonds is 7. The van der Waals surface area contributed by atoms with Crippen molar-refractivity contribution < 1.29 is 18.0 Å². The molecule has 168 valence electrons. The van der Waals surface area contributed by atoms with E-state index < -0.39 is 10.0 Å². The largest absolute Gasteiger partial charge is 0.338 e. The van der Waals surface area contributed by atoms with Gasteiger partial charge in [0.15, 0.2) is 0 Å². The van der Waals surface area contributed by atoms with Gasteiger partial charge in [0.2, 0.25) is 15.9 Å². The van der Waals surface area contributed by atoms with E-state index in [1.165, 1.54) is 21.7 Å². The van der Waals surface area contributed by atoms with Crippen LogP contribution in [0.4, 0.5) is 5.69 Å². The van der Waals surface area contributed by atoms with Crippen molar-refractivity contribution >= 4 is 38.9 Å². The van der Waals surface area contributed by atoms with Gasteiger partial charge in [-0.3, -0.25) is 9.59 Å². The van der Waals surface area contributed by atoms with Crippen LogP contribution in [0.25, 0.3) is 0 Å². The molecule has 1 aromatic heterocycles. The lowest BCUT2D eigenvalue weighted by Crippen LogP contribution is -2.41. The van der Waals surface area contributed by atoms with Crippen LogP contribution in [-0.4, -0.2) is 55.6 Å². The van der Waals surface area contributed by atoms with Crippen LogP contribution in [0.15, 0.2) is 40.6 Å². The Morgan fingerprint density at radius 2 is 1.84 bits per heavy atom. The summed E-state index contributed by atoms with van der Waals surface area (Å²) in [4.78, 5) is 28.0. The molecule has 0 saturated carbocycles. The molecule has 1 aromatic carbocycles. The summed E-state index contributed by atoms with van der Waals surface area (Å²) in [7, 11) is -3.61. The van der Waals surface area contributed by atoms with Gasteiger partial charge in [-0.15, -0.1) is 11.3 Å². The standard InChI is InChI=1S/C22H29N3O4S2/c1-4-25(5-2)31(28,29)20-15-18(9-8-16(20)3)23-21(26)17-10-12-24(13-11-17)22(27)19-7-6-14-30-19/h6-9,14-15,17H,4-5,10-13H2,1-3H3,(H,23,26). The van der Waals surface area contributed by atoms with Crippen molar-refractivity contribution in [3.05, 3.63) is 46.2 Å². The second-order valence-electron chi connectivity index (χ2n) is 7.60. The SMILES string of the molecule is CCN(CC)S(=O)(=O)c1cc(NC(=O)C2CCN(C(=O)c3cccs3)CC2)ccc1C. The fraction of sp³-hybridized carbons (Fsp3) is 0.455. The molecule has 0 unspecified atom stereocenters. The molecule has 0 radical (unpaired) electrons. The first kappa shape index (κ1) is 23.4. The van der Waals surface area contributed by atoms with Crippen molar-refractivity contribution in [3.8, 4) is 0 Å². The molecule has 0 bridgehead atoms. The molecule has 2 aromatic rings. The summed E-state index contributed by atoms with van der Waals surface area (Å²) in [5, 5.41) is 4.75. The van der Waals surface area contributed by atoms with Crippen molar-refractivity contribution in [3.63, 3.8) is 0 Å². The quantitative estimate of drug-likeness (QED) is 0.680. The molecule has 0 spiro atoms. The molecule has 9 heteroatoms. The Balaban J connectivity index is 1.66. The molecule has 1 saturated heterocycles. The minimum atomic E-state index is -3.61. The Bertz CT molecular complexity index is 1020. The molecule has 0 aliphatic carbocycles. The summed E-state index contributed by atoms with van der Waals surface area (Å²) in [5.41, 5.74) is 1.11. The van der Waals surface area contributed by atoms with E-state index >= 15 is 0 Å². The van der Waals surface area contributed by atoms with Crippen LogP contribution in [-0.2, 0) is 14.8 Å². The predicted octanol–water partition coefficient (Wildman–Crippen LogP) is 3.58. The number of hydrogen-bond donors (Lipinski definition) is 1. The highest BCUT2D eigenvalue weighted by molar-refractivity contribution is 7.89. The summed E-state index contributed by atoms with van der Waals surface area (Å²) < 4.78 is 27.3. The zero-order valence-corrected chi connectivity index (χ0v) is 19.8. The van der Waals surface area contributed by atoms with Gasteiger partial charge in [-0.05, 0) is 48.9 Å². The van der Waals surface area contributed by atoms with Gasteiger partial charge in [0.1, 0.15) is 0 Å². The van der Waals surface area contributed by atoms with Gasteiger partial charge in [0.25, 0.3) is 5.91 Å². The smallest absolute Gasteiger partial charge is 0.263 e. The number of likely N-dealkylation sites (tertiary alicyclic amines) is 1. The Kier molecular flexibility index (Phi) is 7.51. The highest BCUT2D eigenvalue weighted by atomic mass is 32.2. The van der Waals surface area contributed by atoms with E-state index in [2.05, 4.69) is 5.32 Å². The monoisotopic (exact) mass is 463 g/mol. The first-order valence-corrected chi connectivity index (χ1v) is 12.8. The van der Waals surface area contributed by atoms with Crippen molar-refractivity contribution in [2.24, 2.45) is 5.92 Å². The molecule has 7 nitrogen and oxygen atoms in total. The number of nitrogens with one attached hydrogen (secondary N) is 1. The number of aryl methyl sites for hydroxylation is 1. The number of carbonyl (C=O) groups is 2. The third kappa shape index (κ3) is 5.16. The van der Waals surface area contributed by atoms with Crippen LogP contribution in [0.1, 0.15) is 41.9 Å². The molecule has 2 amide bonds. The minimum absolute atomic E-state index is 0.0126. The number of amides is 2. The van der Waals surface area contributed by atoms with Gasteiger partial charge in [-0.25, -0.2) is 8.42 Å². The van der Waals surface area contributed by atoms with E-state index in [-0.39, 0.29) is 22.6 Å². The Labute approximate surface area is 188 Å². The molecule has 31 heavy (non-hydrogen) atoms. The lowest BCUT2D eigenvalue weighted by molar-refractivity contribution is -0.121. The number of carbonyl (C=O) groups excluding carboxylic acids is 2. The first-order valence-electron chi connectivity index (χ1n) is 10.5. The highest BCUT2D eigenvalue weighted by Gasteiger charge is 2.29. The molecule has 1 aliphatic heterocycles. The van der Waals surface area contributed by atoms with Crippen molar-refractivity contribution in [1.29, 1.82) is 0 Å². The second-order valence-corrected chi connectivity index (χ2v) is 10.5. The van der Waals surface area contributed by atoms with Crippen molar-refractivity contribution in [1.82, 2.24) is 9.21 Å². The minimum Gasteiger partial charge on any atom is -0.338 e. The molecule has 1 N–H and O–H groups in total. The Morgan fingerprint density at radius 3 is 2.42 bits per heavy atom. The molecular weight excluding hydrogens is 434 g/mol. The predicted molar refractivity (Wildman–Crippen MR) is 123 cm³/mol. The van der Waals surface area contributed by atoms with Crippen LogP contribution >= 0.6 is 11.3 Å². The zero-order valence-electron chi connectivity index (χ0n) is 18.1. The second kappa shape index (κ2) is 9.93. The van der Waals surface area contributed by atoms with Crippen LogP contribution in [0.3, 0.4) is 0 Å². The maximum Gasteiger partial charge on any atom is 0.263 e. The van der Waals surface area contributed by atoms with Gasteiger partial charge in [-0.1, -0.05) is 26.0 Å². The van der Waals surface area contributed by atoms with Gasteiger partial charge in [-0.2, -0.15) is 4.31 Å². The highest BCUT2D eigenvalue weighted by Crippen LogP contribution is 2.26. The third-order valence-electron chi connectivity index (χ3n) is 5.66. The summed E-state index contributed by atoms with van der Waals surface area (Å²) in [6.07, 6.45) is 1.17. The van der Waals surface area contributed by atoms with E-state index in [0.29, 0.717) is 55.1 Å². The van der Waals surface area contributed by atoms with Gasteiger partial charge < -0.3 is 10.2 Å². The molecule has 1 fully saturated rings. The average molecular weight is 464 g/mol. The first-order chi connectivity index (χ1) is 14.8. The maximum atomic E-state index is 12.9. The summed E-state index contributed by atoms with van der Waals surface area (Å²) >= 11 is 1.42. The lowest BCUT2D eigenvalue weighted by Gasteiger charge is -2.31. The fourth-order valence-corrected chi connectivity index (χ4v) is 6.20. The number of nitrogens with zero attached hydrogens (tertiary/aromatic N) is 2. The number of thiophene rings is 1. The third-order valence-corrected chi connectivity index (χ3v) is 8.71. The van der Waals surface area contributed by atoms with Crippen LogP contribution in [0.2, 0.25) is 0 Å². The van der Waals surface area contributed by atoms with Crippen LogP contribution in [0, 0.1) is 12.8 Å². The molecule has 3 rings (SSSR count). The van der Waals surface area contributed by atoms with Gasteiger partial charge >= 0.3 is 0 Å². The molecule has 1 aliphatic rings. The fourth-order valence-electron chi connectivity index (χ4n) is 3.80. The average Bonchev–Trinajstić information content (AvgIpc) is 3.30. The lowest BCUT2D eigenvalue weighted by atomic mass is 9.95. The van der Waals surface area contributed by atoms with Crippen molar-refractivity contribution in [2.45, 2.75) is 38.5 Å². The maximum absolute atomic E-state index is 12.9. The van der Waals surface area contributed by atoms with E-state index in [4.69, 9.17) is 0 Å². The Hall–Kier alpha value is -2.23. The number of sulfonamides is 1. The number of benzene rings is 1. The van der Waals surface area contributed by atoms with Crippen molar-refractivity contribution in [2.75, 3.05) is 31.5 Å². The number of anilines is 1. The van der Waals surface area contributed by atoms with Crippen LogP contribution < -0.4 is 5.32 Å². The number of hydrogen-bond acceptors (Lipinski definition) is 5. The normalized spacial score (nSPS) is 15.3. The topological polar surface area (TPSA) is 86.8 Å². The van der Waals surface area contributed by atoms with Crippen LogP contribution in [0.5, 0.6) is 0 Å². The zero-order chi connectivity index (χ0) is 22.6. The molecule has 2 heterocycles. The summed E-state index contributed by atoms with van der Waals surface area (Å²) in [5.74, 6) is -0.339. The van der Waals surface area contributed by atoms with Gasteiger partial charge in [0.05, 0.1) is 9.77 Å². The van der Waals surface area contributed by atoms with E-state index in [1.807, 2.05) is 17.5 Å². The summed E-state index contributed by atoms with van der Waals surface area (Å²) in [6, 6.07) is 8.65. The molecular formula is C22H29N3O4S2. The number of piperidine rings is 1. The van der Waals surface area contributed by atoms with E-state index in [0.717, 1.165) is 0 Å². The van der Waals surface area contributed by atoms with E-state index in [1.54, 1.807) is 37.8 Å². The summed E-state index contributed by atoms with van der Waals surface area (Å²) in [6.45, 7) is 7.20.